The molecule has 3 aromatic carbocycles. The quantitative estimate of drug-likeness (QED) is 0.0436. The van der Waals surface area contributed by atoms with Crippen LogP contribution in [0.25, 0.3) is 0 Å². The molecule has 3 aromatic rings. The predicted octanol–water partition coefficient (Wildman–Crippen LogP) is 8.64. The summed E-state index contributed by atoms with van der Waals surface area (Å²) in [5, 5.41) is 2.80. The summed E-state index contributed by atoms with van der Waals surface area (Å²) < 4.78 is 70.4. The third-order valence-corrected chi connectivity index (χ3v) is 17.5. The largest absolute Gasteiger partial charge is 0.458 e. The highest BCUT2D eigenvalue weighted by molar-refractivity contribution is 5.92. The maximum Gasteiger partial charge on any atom is 0.344 e. The van der Waals surface area contributed by atoms with Gasteiger partial charge in [0.05, 0.1) is 0 Å². The van der Waals surface area contributed by atoms with E-state index in [4.69, 9.17) is 33.2 Å². The fraction of sp³-hybridized carbons (Fsp3) is 0.623. The van der Waals surface area contributed by atoms with Crippen molar-refractivity contribution in [1.82, 2.24) is 20.0 Å². The van der Waals surface area contributed by atoms with Gasteiger partial charge in [0.2, 0.25) is 0 Å². The Kier molecular flexibility index (Phi) is 26.3. The second-order valence-corrected chi connectivity index (χ2v) is 26.0. The summed E-state index contributed by atoms with van der Waals surface area (Å²) in [6.07, 6.45) is 3.68. The molecular weight excluding hydrogens is 1160 g/mol. The van der Waals surface area contributed by atoms with Crippen LogP contribution in [0.4, 0.5) is 8.78 Å². The Bertz CT molecular complexity index is 2840. The second kappa shape index (κ2) is 33.5. The molecule has 2 aliphatic heterocycles. The minimum atomic E-state index is -2.10. The average molecular weight is 1260 g/mol. The Hall–Kier alpha value is -6.84. The lowest BCUT2D eigenvalue weighted by molar-refractivity contribution is -0.172. The van der Waals surface area contributed by atoms with Crippen molar-refractivity contribution in [2.45, 2.75) is 197 Å². The normalized spacial score (nSPS) is 17.7. The first-order valence-corrected chi connectivity index (χ1v) is 32.0. The van der Waals surface area contributed by atoms with Crippen LogP contribution < -0.4 is 5.32 Å². The number of alkyl halides is 2. The van der Waals surface area contributed by atoms with Crippen molar-refractivity contribution in [3.05, 3.63) is 107 Å². The molecule has 2 saturated heterocycles. The summed E-state index contributed by atoms with van der Waals surface area (Å²) >= 11 is 0. The van der Waals surface area contributed by atoms with Crippen molar-refractivity contribution >= 4 is 47.6 Å². The van der Waals surface area contributed by atoms with Crippen LogP contribution in [0.5, 0.6) is 0 Å². The van der Waals surface area contributed by atoms with E-state index in [0.717, 1.165) is 88.3 Å². The van der Waals surface area contributed by atoms with Gasteiger partial charge in [-0.3, -0.25) is 19.2 Å². The summed E-state index contributed by atoms with van der Waals surface area (Å²) in [5.41, 5.74) is 0.878. The van der Waals surface area contributed by atoms with Crippen LogP contribution in [-0.2, 0) is 91.0 Å². The third-order valence-electron chi connectivity index (χ3n) is 17.5. The van der Waals surface area contributed by atoms with Gasteiger partial charge in [0, 0.05) is 60.4 Å². The van der Waals surface area contributed by atoms with E-state index in [2.05, 4.69) is 5.32 Å². The van der Waals surface area contributed by atoms with Crippen molar-refractivity contribution in [2.75, 3.05) is 67.8 Å². The molecule has 4 aliphatic rings. The number of likely N-dealkylation sites (N-methyl/N-ethyl adjacent to an activating group) is 4. The first-order chi connectivity index (χ1) is 42.9. The molecule has 90 heavy (non-hydrogen) atoms. The van der Waals surface area contributed by atoms with Gasteiger partial charge < -0.3 is 53.2 Å². The van der Waals surface area contributed by atoms with Crippen molar-refractivity contribution in [3.8, 4) is 0 Å². The molecule has 1 N–H and O–H groups in total. The van der Waals surface area contributed by atoms with E-state index in [-0.39, 0.29) is 57.0 Å². The second-order valence-electron chi connectivity index (χ2n) is 26.0. The standard InChI is InChI=1S/C69H94F2N4O15/c1-68(2,70)40-54(72-5)64(80)89-58(28-22-45-18-24-50(25-19-45)52-30-34-84-35-31-52)62(78)74(7)55(38-47-14-15-47)65(81)87-43-60(76)73(6)57(41-69(3,4)71)67(83)90-59(29-23-46-20-26-51(27-21-46)53-32-36-85-37-33-53)63(79)75(8)56(39-48-16-17-48)66(82)88-44-61(77)86-42-49-12-10-9-11-13-49/h9-13,18-21,24-27,47-48,52-59,72H,14-17,22-23,28-44H2,1-8H3/t54-,55-,56-,57-,58+,59+/m0/s1. The Balaban J connectivity index is 1.05. The number of aryl methyl sites for hydroxylation is 2. The number of nitrogens with zero attached hydrogens (tertiary/aromatic N) is 3. The highest BCUT2D eigenvalue weighted by Gasteiger charge is 2.43. The van der Waals surface area contributed by atoms with E-state index in [1.165, 1.54) is 61.4 Å². The summed E-state index contributed by atoms with van der Waals surface area (Å²) in [7, 11) is 5.49. The van der Waals surface area contributed by atoms with Crippen molar-refractivity contribution < 1.29 is 80.3 Å². The van der Waals surface area contributed by atoms with Crippen LogP contribution in [-0.4, -0.2) is 178 Å². The number of ether oxygens (including phenoxy) is 7. The lowest BCUT2D eigenvalue weighted by atomic mass is 9.90. The smallest absolute Gasteiger partial charge is 0.344 e. The number of benzene rings is 3. The van der Waals surface area contributed by atoms with Gasteiger partial charge >= 0.3 is 29.8 Å². The first-order valence-electron chi connectivity index (χ1n) is 32.0. The zero-order valence-corrected chi connectivity index (χ0v) is 53.8. The molecule has 2 aliphatic carbocycles. The van der Waals surface area contributed by atoms with Gasteiger partial charge in [-0.05, 0) is 150 Å². The number of esters is 5. The lowest BCUT2D eigenvalue weighted by Gasteiger charge is -2.33. The average Bonchev–Trinajstić information content (AvgIpc) is 2.31. The van der Waals surface area contributed by atoms with Crippen LogP contribution in [0.2, 0.25) is 0 Å². The highest BCUT2D eigenvalue weighted by Crippen LogP contribution is 2.37. The van der Waals surface area contributed by atoms with Crippen molar-refractivity contribution in [2.24, 2.45) is 11.8 Å². The van der Waals surface area contributed by atoms with E-state index >= 15 is 4.39 Å². The number of halogens is 2. The van der Waals surface area contributed by atoms with Gasteiger partial charge in [-0.1, -0.05) is 105 Å². The number of nitrogens with one attached hydrogen (secondary N) is 1. The molecule has 4 fully saturated rings. The monoisotopic (exact) mass is 1260 g/mol. The molecule has 19 nitrogen and oxygen atoms in total. The maximum atomic E-state index is 15.9. The molecule has 7 rings (SSSR count). The zero-order chi connectivity index (χ0) is 65.1. The molecular formula is C69H94F2N4O15. The van der Waals surface area contributed by atoms with E-state index < -0.39 is 115 Å². The zero-order valence-electron chi connectivity index (χ0n) is 53.8. The maximum absolute atomic E-state index is 15.9. The summed E-state index contributed by atoms with van der Waals surface area (Å²) in [4.78, 5) is 116. The van der Waals surface area contributed by atoms with E-state index in [9.17, 15) is 42.7 Å². The number of amides is 3. The molecule has 494 valence electrons. The van der Waals surface area contributed by atoms with Crippen LogP contribution in [0.3, 0.4) is 0 Å². The Morgan fingerprint density at radius 3 is 1.38 bits per heavy atom. The molecule has 0 aromatic heterocycles. The highest BCUT2D eigenvalue weighted by atomic mass is 19.1. The van der Waals surface area contributed by atoms with Gasteiger partial charge in [0.25, 0.3) is 17.7 Å². The topological polar surface area (TPSA) is 223 Å². The van der Waals surface area contributed by atoms with Gasteiger partial charge in [-0.25, -0.2) is 28.0 Å². The molecule has 21 heteroatoms. The Morgan fingerprint density at radius 1 is 0.522 bits per heavy atom. The van der Waals surface area contributed by atoms with Crippen LogP contribution in [0.1, 0.15) is 157 Å². The predicted molar refractivity (Wildman–Crippen MR) is 330 cm³/mol. The molecule has 2 saturated carbocycles. The molecule has 6 atom stereocenters. The molecule has 0 unspecified atom stereocenters. The fourth-order valence-corrected chi connectivity index (χ4v) is 11.5. The fourth-order valence-electron chi connectivity index (χ4n) is 11.5. The number of hydrogen-bond acceptors (Lipinski definition) is 16. The summed E-state index contributed by atoms with van der Waals surface area (Å²) in [6.45, 7) is 6.08. The molecule has 0 radical (unpaired) electrons. The number of carbonyl (C=O) groups excluding carboxylic acids is 8. The van der Waals surface area contributed by atoms with E-state index in [0.29, 0.717) is 44.7 Å². The van der Waals surface area contributed by atoms with Crippen LogP contribution in [0.15, 0.2) is 78.9 Å². The minimum absolute atomic E-state index is 0.0199. The van der Waals surface area contributed by atoms with E-state index in [1.54, 1.807) is 24.3 Å². The third kappa shape index (κ3) is 22.5. The van der Waals surface area contributed by atoms with Crippen LogP contribution in [0, 0.1) is 11.8 Å². The number of rotatable bonds is 34. The molecule has 2 heterocycles. The summed E-state index contributed by atoms with van der Waals surface area (Å²) in [5.74, 6) is -6.24. The SMILES string of the molecule is CN[C@@H](CC(C)(C)F)C(=O)O[C@H](CCc1ccc(C2CCOCC2)cc1)C(=O)N(C)[C@@H](CC1CC1)C(=O)OCC(=O)N(C)[C@@H](CC(C)(C)F)C(=O)O[C@H](CCc1ccc(C2CCOCC2)cc1)C(=O)N(C)[C@@H](CC1CC1)C(=O)OCC(=O)OCc1ccccc1. The molecule has 0 bridgehead atoms. The van der Waals surface area contributed by atoms with Crippen LogP contribution >= 0.6 is 0 Å². The summed E-state index contributed by atoms with van der Waals surface area (Å²) in [6, 6.07) is 19.7. The van der Waals surface area contributed by atoms with Crippen molar-refractivity contribution in [1.29, 1.82) is 0 Å². The molecule has 0 spiro atoms. The number of hydrogen-bond donors (Lipinski definition) is 1. The minimum Gasteiger partial charge on any atom is -0.458 e. The lowest BCUT2D eigenvalue weighted by Crippen LogP contribution is -2.52. The molecule has 3 amide bonds. The van der Waals surface area contributed by atoms with E-state index in [1.807, 2.05) is 54.6 Å². The Morgan fingerprint density at radius 2 is 0.956 bits per heavy atom. The number of carbonyl (C=O) groups is 8. The van der Waals surface area contributed by atoms with Gasteiger partial charge in [-0.2, -0.15) is 0 Å². The van der Waals surface area contributed by atoms with Gasteiger partial charge in [0.1, 0.15) is 42.1 Å². The van der Waals surface area contributed by atoms with Crippen molar-refractivity contribution in [3.63, 3.8) is 0 Å². The van der Waals surface area contributed by atoms with Gasteiger partial charge in [-0.15, -0.1) is 0 Å². The van der Waals surface area contributed by atoms with Gasteiger partial charge in [0.15, 0.2) is 25.4 Å². The Labute approximate surface area is 528 Å². The first kappa shape index (κ1) is 70.6.